The van der Waals surface area contributed by atoms with Gasteiger partial charge in [0, 0.05) is 5.57 Å². The van der Waals surface area contributed by atoms with Gasteiger partial charge in [-0.05, 0) is 12.2 Å². The largest absolute Gasteiger partial charge is 0.390 e. The fourth-order valence-corrected chi connectivity index (χ4v) is 0.342. The molecule has 0 saturated heterocycles. The van der Waals surface area contributed by atoms with Crippen LogP contribution in [0.4, 0.5) is 0 Å². The molecule has 0 atom stereocenters. The summed E-state index contributed by atoms with van der Waals surface area (Å²) in [6.07, 6.45) is 4.39. The van der Waals surface area contributed by atoms with Crippen molar-refractivity contribution in [1.82, 2.24) is 0 Å². The van der Waals surface area contributed by atoms with E-state index in [4.69, 9.17) is 16.3 Å². The Morgan fingerprint density at radius 3 is 2.45 bits per heavy atom. The Kier molecular flexibility index (Phi) is 3.96. The van der Waals surface area contributed by atoms with Crippen molar-refractivity contribution >= 4 is 0 Å². The zero-order chi connectivity index (χ0) is 8.69. The molecule has 0 aliphatic heterocycles. The molecule has 0 heterocycles. The van der Waals surface area contributed by atoms with Crippen LogP contribution in [0, 0.1) is 22.7 Å². The first-order valence-electron chi connectivity index (χ1n) is 2.83. The van der Waals surface area contributed by atoms with E-state index in [1.807, 2.05) is 6.07 Å². The molecule has 0 fully saturated rings. The van der Waals surface area contributed by atoms with Crippen LogP contribution in [0.3, 0.4) is 0 Å². The predicted molar refractivity (Wildman–Crippen MR) is 41.8 cm³/mol. The first-order chi connectivity index (χ1) is 5.20. The second kappa shape index (κ2) is 4.84. The number of allylic oxidation sites excluding steroid dienone is 5. The van der Waals surface area contributed by atoms with Crippen molar-refractivity contribution in [2.75, 3.05) is 0 Å². The molecule has 0 aliphatic carbocycles. The molecule has 0 radical (unpaired) electrons. The number of nitrogens with zero attached hydrogens (tertiary/aromatic N) is 2. The molecule has 3 nitrogen and oxygen atoms in total. The van der Waals surface area contributed by atoms with Crippen LogP contribution in [0.15, 0.2) is 36.1 Å². The lowest BCUT2D eigenvalue weighted by molar-refractivity contribution is 1.39. The third-order valence-corrected chi connectivity index (χ3v) is 0.846. The molecular formula is C8H7N3. The first kappa shape index (κ1) is 9.00. The van der Waals surface area contributed by atoms with Gasteiger partial charge in [0.25, 0.3) is 0 Å². The maximum atomic E-state index is 8.24. The van der Waals surface area contributed by atoms with Gasteiger partial charge in [-0.3, -0.25) is 0 Å². The van der Waals surface area contributed by atoms with Gasteiger partial charge in [-0.1, -0.05) is 12.7 Å². The van der Waals surface area contributed by atoms with Crippen LogP contribution in [-0.2, 0) is 0 Å². The number of rotatable bonds is 2. The monoisotopic (exact) mass is 145 g/mol. The van der Waals surface area contributed by atoms with Gasteiger partial charge in [-0.25, -0.2) is 0 Å². The van der Waals surface area contributed by atoms with Crippen molar-refractivity contribution in [2.24, 2.45) is 5.73 Å². The molecule has 0 rings (SSSR count). The standard InChI is InChI=1S/C8H7N3/c1-7(5-9)3-2-4-8(11)6-10/h2-4H,1,11H2/b3-2-,8-4-. The molecule has 0 aromatic heterocycles. The summed E-state index contributed by atoms with van der Waals surface area (Å²) in [5.41, 5.74) is 5.57. The van der Waals surface area contributed by atoms with Crippen LogP contribution >= 0.6 is 0 Å². The van der Waals surface area contributed by atoms with Crippen molar-refractivity contribution < 1.29 is 0 Å². The SMILES string of the molecule is C=C(C#N)/C=C\C=C(/N)C#N. The Labute approximate surface area is 65.4 Å². The molecule has 0 aromatic rings. The number of hydrogen-bond donors (Lipinski definition) is 1. The average Bonchev–Trinajstić information content (AvgIpc) is 2.04. The second-order valence-electron chi connectivity index (χ2n) is 1.73. The highest BCUT2D eigenvalue weighted by Gasteiger charge is 1.80. The molecule has 0 bridgehead atoms. The van der Waals surface area contributed by atoms with E-state index in [-0.39, 0.29) is 5.70 Å². The Morgan fingerprint density at radius 1 is 1.36 bits per heavy atom. The summed E-state index contributed by atoms with van der Waals surface area (Å²) < 4.78 is 0. The van der Waals surface area contributed by atoms with E-state index in [1.165, 1.54) is 18.2 Å². The Morgan fingerprint density at radius 2 is 2.00 bits per heavy atom. The van der Waals surface area contributed by atoms with E-state index in [0.29, 0.717) is 5.57 Å². The van der Waals surface area contributed by atoms with Gasteiger partial charge in [0.05, 0.1) is 6.07 Å². The van der Waals surface area contributed by atoms with Gasteiger partial charge < -0.3 is 5.73 Å². The smallest absolute Gasteiger partial charge is 0.117 e. The maximum Gasteiger partial charge on any atom is 0.117 e. The second-order valence-corrected chi connectivity index (χ2v) is 1.73. The van der Waals surface area contributed by atoms with Gasteiger partial charge in [0.1, 0.15) is 11.8 Å². The third-order valence-electron chi connectivity index (χ3n) is 0.846. The number of nitrogens with two attached hydrogens (primary N) is 1. The van der Waals surface area contributed by atoms with Gasteiger partial charge >= 0.3 is 0 Å². The Bertz CT molecular complexity index is 283. The van der Waals surface area contributed by atoms with Crippen LogP contribution in [0.2, 0.25) is 0 Å². The fourth-order valence-electron chi connectivity index (χ4n) is 0.342. The highest BCUT2D eigenvalue weighted by Crippen LogP contribution is 1.90. The van der Waals surface area contributed by atoms with E-state index in [9.17, 15) is 0 Å². The Balaban J connectivity index is 4.12. The molecule has 0 spiro atoms. The van der Waals surface area contributed by atoms with Gasteiger partial charge in [-0.15, -0.1) is 0 Å². The average molecular weight is 145 g/mol. The summed E-state index contributed by atoms with van der Waals surface area (Å²) in [6.45, 7) is 3.39. The molecule has 0 aliphatic rings. The van der Waals surface area contributed by atoms with E-state index in [0.717, 1.165) is 0 Å². The highest BCUT2D eigenvalue weighted by atomic mass is 14.6. The predicted octanol–water partition coefficient (Wildman–Crippen LogP) is 0.989. The number of nitriles is 2. The summed E-state index contributed by atoms with van der Waals surface area (Å²) in [7, 11) is 0. The summed E-state index contributed by atoms with van der Waals surface area (Å²) in [4.78, 5) is 0. The maximum absolute atomic E-state index is 8.24. The lowest BCUT2D eigenvalue weighted by Crippen LogP contribution is -1.90. The minimum Gasteiger partial charge on any atom is -0.390 e. The lowest BCUT2D eigenvalue weighted by Gasteiger charge is -1.80. The van der Waals surface area contributed by atoms with Gasteiger partial charge in [0.2, 0.25) is 0 Å². The van der Waals surface area contributed by atoms with Crippen LogP contribution in [0.5, 0.6) is 0 Å². The van der Waals surface area contributed by atoms with Crippen molar-refractivity contribution in [2.45, 2.75) is 0 Å². The first-order valence-corrected chi connectivity index (χ1v) is 2.83. The fraction of sp³-hybridized carbons (Fsp3) is 0. The van der Waals surface area contributed by atoms with Crippen molar-refractivity contribution in [3.05, 3.63) is 36.1 Å². The molecule has 0 unspecified atom stereocenters. The zero-order valence-corrected chi connectivity index (χ0v) is 5.91. The number of hydrogen-bond acceptors (Lipinski definition) is 3. The van der Waals surface area contributed by atoms with Gasteiger partial charge in [0.15, 0.2) is 0 Å². The van der Waals surface area contributed by atoms with E-state index in [1.54, 1.807) is 6.07 Å². The Hall–Kier alpha value is -2.00. The van der Waals surface area contributed by atoms with Crippen molar-refractivity contribution in [3.8, 4) is 12.1 Å². The zero-order valence-electron chi connectivity index (χ0n) is 5.91. The molecule has 0 aromatic carbocycles. The van der Waals surface area contributed by atoms with Crippen LogP contribution in [0.25, 0.3) is 0 Å². The van der Waals surface area contributed by atoms with Crippen molar-refractivity contribution in [1.29, 1.82) is 10.5 Å². The van der Waals surface area contributed by atoms with Crippen LogP contribution in [-0.4, -0.2) is 0 Å². The van der Waals surface area contributed by atoms with Crippen molar-refractivity contribution in [3.63, 3.8) is 0 Å². The normalized spacial score (nSPS) is 10.5. The van der Waals surface area contributed by atoms with Crippen LogP contribution < -0.4 is 5.73 Å². The molecule has 11 heavy (non-hydrogen) atoms. The minimum absolute atomic E-state index is 0.104. The van der Waals surface area contributed by atoms with E-state index in [2.05, 4.69) is 6.58 Å². The quantitative estimate of drug-likeness (QED) is 0.465. The van der Waals surface area contributed by atoms with E-state index >= 15 is 0 Å². The lowest BCUT2D eigenvalue weighted by atomic mass is 10.3. The minimum atomic E-state index is 0.104. The topological polar surface area (TPSA) is 73.6 Å². The summed E-state index contributed by atoms with van der Waals surface area (Å²) in [5.74, 6) is 0. The molecule has 2 N–H and O–H groups in total. The molecule has 0 saturated carbocycles. The highest BCUT2D eigenvalue weighted by molar-refractivity contribution is 5.33. The molecular weight excluding hydrogens is 138 g/mol. The third kappa shape index (κ3) is 4.50. The van der Waals surface area contributed by atoms with Crippen LogP contribution in [0.1, 0.15) is 0 Å². The molecule has 3 heteroatoms. The van der Waals surface area contributed by atoms with E-state index < -0.39 is 0 Å². The molecule has 54 valence electrons. The summed E-state index contributed by atoms with van der Waals surface area (Å²) in [5, 5.41) is 16.4. The summed E-state index contributed by atoms with van der Waals surface area (Å²) >= 11 is 0. The molecule has 0 amide bonds. The van der Waals surface area contributed by atoms with Gasteiger partial charge in [-0.2, -0.15) is 10.5 Å². The summed E-state index contributed by atoms with van der Waals surface area (Å²) in [6, 6.07) is 3.55.